The molecule has 8 heteroatoms. The van der Waals surface area contributed by atoms with Crippen LogP contribution in [-0.4, -0.2) is 33.5 Å². The van der Waals surface area contributed by atoms with Gasteiger partial charge in [-0.3, -0.25) is 4.79 Å². The highest BCUT2D eigenvalue weighted by Gasteiger charge is 2.25. The van der Waals surface area contributed by atoms with Gasteiger partial charge >= 0.3 is 5.97 Å². The number of aromatic nitrogens is 3. The predicted molar refractivity (Wildman–Crippen MR) is 121 cm³/mol. The number of hydrogen-bond donors (Lipinski definition) is 1. The molecule has 1 aliphatic heterocycles. The summed E-state index contributed by atoms with van der Waals surface area (Å²) in [5.41, 5.74) is 2.37. The lowest BCUT2D eigenvalue weighted by Crippen LogP contribution is -2.33. The molecule has 0 aliphatic carbocycles. The molecule has 1 N–H and O–H groups in total. The Hall–Kier alpha value is -3.45. The van der Waals surface area contributed by atoms with Crippen molar-refractivity contribution >= 4 is 23.5 Å². The minimum atomic E-state index is -0.661. The number of amides is 1. The van der Waals surface area contributed by atoms with Gasteiger partial charge in [-0.2, -0.15) is 0 Å². The van der Waals surface area contributed by atoms with E-state index in [1.807, 2.05) is 54.6 Å². The predicted octanol–water partition coefficient (Wildman–Crippen LogP) is 4.28. The van der Waals surface area contributed by atoms with Crippen LogP contribution in [0.3, 0.4) is 0 Å². The van der Waals surface area contributed by atoms with Crippen LogP contribution in [0.5, 0.6) is 0 Å². The largest absolute Gasteiger partial charge is 0.462 e. The number of benzene rings is 2. The number of ether oxygens (including phenoxy) is 1. The van der Waals surface area contributed by atoms with Crippen molar-refractivity contribution in [2.24, 2.45) is 0 Å². The molecule has 0 bridgehead atoms. The molecule has 2 atom stereocenters. The summed E-state index contributed by atoms with van der Waals surface area (Å²) in [6, 6.07) is 15.7. The highest BCUT2D eigenvalue weighted by molar-refractivity contribution is 6.30. The van der Waals surface area contributed by atoms with Gasteiger partial charge in [0.05, 0.1) is 12.2 Å². The Labute approximate surface area is 191 Å². The van der Waals surface area contributed by atoms with E-state index in [0.29, 0.717) is 30.0 Å². The normalized spacial score (nSPS) is 21.0. The van der Waals surface area contributed by atoms with E-state index in [-0.39, 0.29) is 12.5 Å². The Balaban J connectivity index is 1.56. The number of carbonyl (C=O) groups excluding carboxylic acids is 2. The molecule has 0 saturated heterocycles. The van der Waals surface area contributed by atoms with Crippen LogP contribution < -0.4 is 5.32 Å². The minimum Gasteiger partial charge on any atom is -0.462 e. The first kappa shape index (κ1) is 21.8. The first-order valence-electron chi connectivity index (χ1n) is 10.4. The molecule has 32 heavy (non-hydrogen) atoms. The molecule has 0 spiro atoms. The van der Waals surface area contributed by atoms with E-state index in [1.165, 1.54) is 4.68 Å². The number of hydrogen-bond acceptors (Lipinski definition) is 5. The number of halogens is 1. The number of nitrogens with zero attached hydrogens (tertiary/aromatic N) is 3. The topological polar surface area (TPSA) is 86.1 Å². The second-order valence-corrected chi connectivity index (χ2v) is 7.95. The average Bonchev–Trinajstić information content (AvgIpc) is 3.29. The Morgan fingerprint density at radius 2 is 1.81 bits per heavy atom. The van der Waals surface area contributed by atoms with Gasteiger partial charge in [-0.1, -0.05) is 71.4 Å². The maximum atomic E-state index is 13.0. The van der Waals surface area contributed by atoms with Crippen LogP contribution in [0.25, 0.3) is 11.3 Å². The molecule has 0 saturated carbocycles. The first-order chi connectivity index (χ1) is 15.6. The molecule has 2 heterocycles. The monoisotopic (exact) mass is 450 g/mol. The van der Waals surface area contributed by atoms with E-state index in [0.717, 1.165) is 11.1 Å². The van der Waals surface area contributed by atoms with Gasteiger partial charge in [0.1, 0.15) is 12.3 Å². The Morgan fingerprint density at radius 1 is 1.03 bits per heavy atom. The fourth-order valence-electron chi connectivity index (χ4n) is 3.49. The van der Waals surface area contributed by atoms with Crippen molar-refractivity contribution in [2.75, 3.05) is 6.61 Å². The van der Waals surface area contributed by atoms with Gasteiger partial charge < -0.3 is 10.1 Å². The molecule has 2 aromatic carbocycles. The summed E-state index contributed by atoms with van der Waals surface area (Å²) in [5, 5.41) is 12.0. The van der Waals surface area contributed by atoms with Gasteiger partial charge in [0.2, 0.25) is 5.91 Å². The van der Waals surface area contributed by atoms with E-state index in [2.05, 4.69) is 15.6 Å². The van der Waals surface area contributed by atoms with Crippen molar-refractivity contribution in [1.29, 1.82) is 0 Å². The number of allylic oxidation sites excluding steroid dienone is 2. The second kappa shape index (κ2) is 10.2. The average molecular weight is 451 g/mol. The van der Waals surface area contributed by atoms with Crippen molar-refractivity contribution in [3.05, 3.63) is 83.5 Å². The Kier molecular flexibility index (Phi) is 6.97. The number of carbonyl (C=O) groups is 2. The van der Waals surface area contributed by atoms with E-state index in [4.69, 9.17) is 16.3 Å². The fourth-order valence-corrected chi connectivity index (χ4v) is 3.61. The molecule has 1 amide bonds. The summed E-state index contributed by atoms with van der Waals surface area (Å²) in [6.45, 7) is 0.0353. The van der Waals surface area contributed by atoms with E-state index in [1.54, 1.807) is 18.3 Å². The van der Waals surface area contributed by atoms with Crippen LogP contribution >= 0.6 is 11.6 Å². The van der Waals surface area contributed by atoms with Crippen LogP contribution in [0.2, 0.25) is 5.02 Å². The fraction of sp³-hybridized carbons (Fsp3) is 0.250. The molecule has 0 fully saturated rings. The van der Waals surface area contributed by atoms with Crippen molar-refractivity contribution in [3.8, 4) is 11.3 Å². The van der Waals surface area contributed by atoms with Crippen molar-refractivity contribution in [1.82, 2.24) is 20.3 Å². The number of rotatable bonds is 3. The highest BCUT2D eigenvalue weighted by Crippen LogP contribution is 2.23. The van der Waals surface area contributed by atoms with Crippen LogP contribution in [0.15, 0.2) is 72.9 Å². The Morgan fingerprint density at radius 3 is 2.59 bits per heavy atom. The lowest BCUT2D eigenvalue weighted by Gasteiger charge is -2.21. The van der Waals surface area contributed by atoms with Gasteiger partial charge in [0.15, 0.2) is 6.04 Å². The zero-order valence-corrected chi connectivity index (χ0v) is 18.1. The van der Waals surface area contributed by atoms with Crippen molar-refractivity contribution in [2.45, 2.75) is 31.3 Å². The smallest absolute Gasteiger partial charge is 0.331 e. The number of cyclic esters (lactones) is 1. The molecule has 1 aliphatic rings. The van der Waals surface area contributed by atoms with Crippen LogP contribution in [0.1, 0.15) is 36.9 Å². The van der Waals surface area contributed by atoms with Gasteiger partial charge in [-0.05, 0) is 30.5 Å². The molecule has 1 aromatic heterocycles. The molecule has 0 radical (unpaired) electrons. The molecular formula is C24H23ClN4O3. The maximum Gasteiger partial charge on any atom is 0.331 e. The van der Waals surface area contributed by atoms with Crippen molar-refractivity contribution in [3.63, 3.8) is 0 Å². The van der Waals surface area contributed by atoms with Gasteiger partial charge in [0.25, 0.3) is 0 Å². The maximum absolute atomic E-state index is 13.0. The third-order valence-electron chi connectivity index (χ3n) is 5.24. The standard InChI is InChI=1S/C24H23ClN4O3/c25-19-13-11-18(12-14-19)20-15-29(28-27-20)22-9-5-2-6-10-23(30)26-21(16-32-24(22)31)17-7-3-1-4-8-17/h1-5,7-8,11-15,21-22H,6,9-10,16H2,(H,26,30)/b5-2+/t21-,22+/m0/s1. The van der Waals surface area contributed by atoms with E-state index >= 15 is 0 Å². The van der Waals surface area contributed by atoms with Gasteiger partial charge in [-0.25, -0.2) is 9.48 Å². The summed E-state index contributed by atoms with van der Waals surface area (Å²) in [6.07, 6.45) is 6.84. The molecule has 164 valence electrons. The lowest BCUT2D eigenvalue weighted by molar-refractivity contribution is -0.149. The Bertz CT molecular complexity index is 1100. The van der Waals surface area contributed by atoms with Gasteiger partial charge in [-0.15, -0.1) is 5.10 Å². The molecule has 3 aromatic rings. The molecule has 7 nitrogen and oxygen atoms in total. The molecule has 4 rings (SSSR count). The van der Waals surface area contributed by atoms with Crippen molar-refractivity contribution < 1.29 is 14.3 Å². The van der Waals surface area contributed by atoms with Gasteiger partial charge in [0, 0.05) is 17.0 Å². The zero-order valence-electron chi connectivity index (χ0n) is 17.4. The molecular weight excluding hydrogens is 428 g/mol. The minimum absolute atomic E-state index is 0.0353. The quantitative estimate of drug-likeness (QED) is 0.475. The first-order valence-corrected chi connectivity index (χ1v) is 10.8. The summed E-state index contributed by atoms with van der Waals surface area (Å²) >= 11 is 5.96. The van der Waals surface area contributed by atoms with Crippen LogP contribution in [0, 0.1) is 0 Å². The van der Waals surface area contributed by atoms with Crippen LogP contribution in [-0.2, 0) is 14.3 Å². The van der Waals surface area contributed by atoms with E-state index < -0.39 is 18.1 Å². The third-order valence-corrected chi connectivity index (χ3v) is 5.49. The summed E-state index contributed by atoms with van der Waals surface area (Å²) in [5.74, 6) is -0.515. The summed E-state index contributed by atoms with van der Waals surface area (Å²) < 4.78 is 7.16. The SMILES string of the molecule is O=C1CC/C=C/C[C@@H](n2cc(-c3ccc(Cl)cc3)nn2)C(=O)OC[C@@H](c2ccccc2)N1. The van der Waals surface area contributed by atoms with E-state index in [9.17, 15) is 9.59 Å². The lowest BCUT2D eigenvalue weighted by atomic mass is 10.1. The number of esters is 1. The molecule has 0 unspecified atom stereocenters. The summed E-state index contributed by atoms with van der Waals surface area (Å²) in [4.78, 5) is 25.3. The third kappa shape index (κ3) is 5.42. The second-order valence-electron chi connectivity index (χ2n) is 7.51. The highest BCUT2D eigenvalue weighted by atomic mass is 35.5. The zero-order chi connectivity index (χ0) is 22.3. The summed E-state index contributed by atoms with van der Waals surface area (Å²) in [7, 11) is 0. The van der Waals surface area contributed by atoms with Crippen LogP contribution in [0.4, 0.5) is 0 Å². The number of nitrogens with one attached hydrogen (secondary N) is 1.